The topological polar surface area (TPSA) is 101 Å². The van der Waals surface area contributed by atoms with Gasteiger partial charge in [-0.05, 0) is 49.7 Å². The van der Waals surface area contributed by atoms with Gasteiger partial charge in [0.1, 0.15) is 5.54 Å². The normalized spacial score (nSPS) is 36.0. The molecule has 0 saturated heterocycles. The summed E-state index contributed by atoms with van der Waals surface area (Å²) in [5.41, 5.74) is 8.19. The first-order valence-corrected chi connectivity index (χ1v) is 7.58. The zero-order valence-electron chi connectivity index (χ0n) is 12.7. The number of carbonyl (C=O) groups is 2. The van der Waals surface area contributed by atoms with Crippen molar-refractivity contribution in [1.82, 2.24) is 0 Å². The van der Waals surface area contributed by atoms with Crippen molar-refractivity contribution in [3.05, 3.63) is 34.9 Å². The SMILES string of the molecule is Cc1ccc(CC2CC3C(C(=O)O)C3C2(N)C(=O)O)c(C)c1. The fourth-order valence-corrected chi connectivity index (χ4v) is 4.36. The van der Waals surface area contributed by atoms with Crippen molar-refractivity contribution in [2.75, 3.05) is 0 Å². The van der Waals surface area contributed by atoms with Crippen molar-refractivity contribution >= 4 is 11.9 Å². The van der Waals surface area contributed by atoms with Gasteiger partial charge in [-0.1, -0.05) is 23.8 Å². The minimum absolute atomic E-state index is 0.0886. The molecule has 0 heterocycles. The third-order valence-electron chi connectivity index (χ3n) is 5.57. The summed E-state index contributed by atoms with van der Waals surface area (Å²) < 4.78 is 0. The number of aryl methyl sites for hydroxylation is 2. The van der Waals surface area contributed by atoms with Crippen LogP contribution in [0, 0.1) is 37.5 Å². The molecule has 0 aliphatic heterocycles. The van der Waals surface area contributed by atoms with E-state index in [0.29, 0.717) is 12.8 Å². The Morgan fingerprint density at radius 2 is 2.00 bits per heavy atom. The molecule has 118 valence electrons. The Kier molecular flexibility index (Phi) is 3.29. The van der Waals surface area contributed by atoms with E-state index in [2.05, 4.69) is 6.07 Å². The number of carboxylic acids is 2. The second kappa shape index (κ2) is 4.81. The molecule has 0 spiro atoms. The summed E-state index contributed by atoms with van der Waals surface area (Å²) >= 11 is 0. The number of fused-ring (bicyclic) bond motifs is 1. The van der Waals surface area contributed by atoms with E-state index in [1.165, 1.54) is 5.56 Å². The first kappa shape index (κ1) is 15.0. The van der Waals surface area contributed by atoms with Gasteiger partial charge in [0.2, 0.25) is 0 Å². The molecule has 2 aliphatic rings. The summed E-state index contributed by atoms with van der Waals surface area (Å²) in [4.78, 5) is 22.9. The molecule has 1 aromatic rings. The van der Waals surface area contributed by atoms with Crippen LogP contribution in [0.2, 0.25) is 0 Å². The summed E-state index contributed by atoms with van der Waals surface area (Å²) in [6.07, 6.45) is 1.17. The molecule has 2 saturated carbocycles. The van der Waals surface area contributed by atoms with Gasteiger partial charge in [0, 0.05) is 5.92 Å². The largest absolute Gasteiger partial charge is 0.481 e. The van der Waals surface area contributed by atoms with Crippen LogP contribution in [0.4, 0.5) is 0 Å². The quantitative estimate of drug-likeness (QED) is 0.784. The molecule has 5 heteroatoms. The summed E-state index contributed by atoms with van der Waals surface area (Å²) in [6.45, 7) is 4.03. The average molecular weight is 303 g/mol. The van der Waals surface area contributed by atoms with Crippen LogP contribution in [0.15, 0.2) is 18.2 Å². The highest BCUT2D eigenvalue weighted by Gasteiger charge is 2.73. The molecule has 1 aromatic carbocycles. The molecule has 2 aliphatic carbocycles. The Labute approximate surface area is 129 Å². The fourth-order valence-electron chi connectivity index (χ4n) is 4.36. The van der Waals surface area contributed by atoms with Gasteiger partial charge in [-0.3, -0.25) is 9.59 Å². The summed E-state index contributed by atoms with van der Waals surface area (Å²) in [7, 11) is 0. The third-order valence-corrected chi connectivity index (χ3v) is 5.57. The number of nitrogens with two attached hydrogens (primary N) is 1. The van der Waals surface area contributed by atoms with Gasteiger partial charge in [0.05, 0.1) is 5.92 Å². The van der Waals surface area contributed by atoms with Crippen molar-refractivity contribution in [3.8, 4) is 0 Å². The highest BCUT2D eigenvalue weighted by molar-refractivity contribution is 5.85. The van der Waals surface area contributed by atoms with Gasteiger partial charge in [0.15, 0.2) is 0 Å². The van der Waals surface area contributed by atoms with Crippen molar-refractivity contribution in [2.45, 2.75) is 32.2 Å². The molecule has 0 aromatic heterocycles. The standard InChI is InChI=1S/C17H21NO4/c1-8-3-4-10(9(2)5-8)6-11-7-12-13(15(19)20)14(12)17(11,18)16(21)22/h3-5,11-14H,6-7,18H2,1-2H3,(H,19,20)(H,21,22). The van der Waals surface area contributed by atoms with E-state index in [9.17, 15) is 19.8 Å². The van der Waals surface area contributed by atoms with Crippen molar-refractivity contribution in [2.24, 2.45) is 29.4 Å². The Morgan fingerprint density at radius 1 is 1.32 bits per heavy atom. The Balaban J connectivity index is 1.86. The van der Waals surface area contributed by atoms with Crippen LogP contribution in [0.25, 0.3) is 0 Å². The molecule has 5 unspecified atom stereocenters. The molecule has 5 atom stereocenters. The Morgan fingerprint density at radius 3 is 2.55 bits per heavy atom. The highest BCUT2D eigenvalue weighted by atomic mass is 16.4. The minimum atomic E-state index is -1.43. The zero-order valence-corrected chi connectivity index (χ0v) is 12.7. The van der Waals surface area contributed by atoms with Gasteiger partial charge in [0.25, 0.3) is 0 Å². The van der Waals surface area contributed by atoms with Crippen LogP contribution in [-0.4, -0.2) is 27.7 Å². The maximum Gasteiger partial charge on any atom is 0.324 e. The lowest BCUT2D eigenvalue weighted by Gasteiger charge is -2.31. The van der Waals surface area contributed by atoms with Gasteiger partial charge in [-0.2, -0.15) is 0 Å². The average Bonchev–Trinajstić information content (AvgIpc) is 3.07. The maximum absolute atomic E-state index is 11.8. The number of carboxylic acid groups (broad SMARTS) is 2. The zero-order chi connectivity index (χ0) is 16.2. The molecular weight excluding hydrogens is 282 g/mol. The molecule has 0 amide bonds. The second-order valence-electron chi connectivity index (χ2n) is 6.86. The van der Waals surface area contributed by atoms with Crippen molar-refractivity contribution in [3.63, 3.8) is 0 Å². The van der Waals surface area contributed by atoms with Crippen LogP contribution in [0.1, 0.15) is 23.1 Å². The number of aliphatic carboxylic acids is 2. The molecule has 3 rings (SSSR count). The molecular formula is C17H21NO4. The van der Waals surface area contributed by atoms with Gasteiger partial charge < -0.3 is 15.9 Å². The molecule has 4 N–H and O–H groups in total. The number of rotatable bonds is 4. The van der Waals surface area contributed by atoms with Crippen molar-refractivity contribution < 1.29 is 19.8 Å². The maximum atomic E-state index is 11.8. The van der Waals surface area contributed by atoms with Crippen LogP contribution in [0.3, 0.4) is 0 Å². The molecule has 0 bridgehead atoms. The predicted molar refractivity (Wildman–Crippen MR) is 80.4 cm³/mol. The monoisotopic (exact) mass is 303 g/mol. The van der Waals surface area contributed by atoms with E-state index in [1.807, 2.05) is 26.0 Å². The Hall–Kier alpha value is -1.88. The lowest BCUT2D eigenvalue weighted by Crippen LogP contribution is -2.55. The van der Waals surface area contributed by atoms with E-state index in [4.69, 9.17) is 5.73 Å². The lowest BCUT2D eigenvalue weighted by atomic mass is 9.77. The Bertz CT molecular complexity index is 656. The summed E-state index contributed by atoms with van der Waals surface area (Å²) in [5.74, 6) is -3.31. The summed E-state index contributed by atoms with van der Waals surface area (Å²) in [5, 5.41) is 18.8. The van der Waals surface area contributed by atoms with E-state index >= 15 is 0 Å². The van der Waals surface area contributed by atoms with E-state index in [0.717, 1.165) is 11.1 Å². The smallest absolute Gasteiger partial charge is 0.324 e. The lowest BCUT2D eigenvalue weighted by molar-refractivity contribution is -0.147. The number of hydrogen-bond acceptors (Lipinski definition) is 3. The fraction of sp³-hybridized carbons (Fsp3) is 0.529. The van der Waals surface area contributed by atoms with Crippen LogP contribution in [0.5, 0.6) is 0 Å². The first-order valence-electron chi connectivity index (χ1n) is 7.58. The van der Waals surface area contributed by atoms with Gasteiger partial charge in [-0.25, -0.2) is 0 Å². The van der Waals surface area contributed by atoms with E-state index < -0.39 is 29.3 Å². The molecule has 2 fully saturated rings. The van der Waals surface area contributed by atoms with Crippen LogP contribution in [-0.2, 0) is 16.0 Å². The predicted octanol–water partition coefficient (Wildman–Crippen LogP) is 1.59. The highest BCUT2D eigenvalue weighted by Crippen LogP contribution is 2.64. The first-order chi connectivity index (χ1) is 10.3. The van der Waals surface area contributed by atoms with Crippen LogP contribution < -0.4 is 5.73 Å². The van der Waals surface area contributed by atoms with Gasteiger partial charge >= 0.3 is 11.9 Å². The molecule has 22 heavy (non-hydrogen) atoms. The molecule has 5 nitrogen and oxygen atoms in total. The minimum Gasteiger partial charge on any atom is -0.481 e. The van der Waals surface area contributed by atoms with Crippen LogP contribution >= 0.6 is 0 Å². The molecule has 0 radical (unpaired) electrons. The second-order valence-corrected chi connectivity index (χ2v) is 6.86. The number of hydrogen-bond donors (Lipinski definition) is 3. The van der Waals surface area contributed by atoms with Gasteiger partial charge in [-0.15, -0.1) is 0 Å². The van der Waals surface area contributed by atoms with Crippen molar-refractivity contribution in [1.29, 1.82) is 0 Å². The number of benzene rings is 1. The van der Waals surface area contributed by atoms with E-state index in [-0.39, 0.29) is 11.8 Å². The third kappa shape index (κ3) is 2.03. The summed E-state index contributed by atoms with van der Waals surface area (Å²) in [6, 6.07) is 6.10. The van der Waals surface area contributed by atoms with E-state index in [1.54, 1.807) is 0 Å².